The van der Waals surface area contributed by atoms with Crippen molar-refractivity contribution in [2.45, 2.75) is 5.03 Å². The Morgan fingerprint density at radius 3 is 3.10 bits per heavy atom. The molecular weight excluding hydrogens is 164 g/mol. The maximum Gasteiger partial charge on any atom is 0.135 e. The minimum absolute atomic E-state index is 0.645. The van der Waals surface area contributed by atoms with Crippen LogP contribution < -0.4 is 0 Å². The zero-order chi connectivity index (χ0) is 7.14. The van der Waals surface area contributed by atoms with Crippen LogP contribution >= 0.6 is 24.8 Å². The van der Waals surface area contributed by atoms with Gasteiger partial charge in [-0.3, -0.25) is 0 Å². The Balaban J connectivity index is 2.73. The Bertz CT molecular complexity index is 324. The number of nitrogens with one attached hydrogen (secondary N) is 1. The van der Waals surface area contributed by atoms with E-state index < -0.39 is 0 Å². The highest BCUT2D eigenvalue weighted by molar-refractivity contribution is 7.81. The third kappa shape index (κ3) is 0.660. The molecule has 2 rings (SSSR count). The fourth-order valence-electron chi connectivity index (χ4n) is 0.924. The van der Waals surface area contributed by atoms with Gasteiger partial charge in [-0.1, -0.05) is 12.2 Å². The van der Waals surface area contributed by atoms with E-state index in [2.05, 4.69) is 22.6 Å². The van der Waals surface area contributed by atoms with Gasteiger partial charge in [0.05, 0.1) is 5.03 Å². The van der Waals surface area contributed by atoms with Crippen molar-refractivity contribution in [3.8, 4) is 0 Å². The topological polar surface area (TPSA) is 28.1 Å². The molecule has 1 aliphatic heterocycles. The van der Waals surface area contributed by atoms with Gasteiger partial charge in [-0.2, -0.15) is 0 Å². The molecule has 0 fully saturated rings. The summed E-state index contributed by atoms with van der Waals surface area (Å²) in [5.74, 6) is 0. The zero-order valence-electron chi connectivity index (χ0n) is 4.96. The van der Waals surface area contributed by atoms with Gasteiger partial charge in [0.2, 0.25) is 0 Å². The average Bonchev–Trinajstić information content (AvgIpc) is 2.41. The number of aromatic amines is 1. The second-order valence-corrected chi connectivity index (χ2v) is 2.86. The van der Waals surface area contributed by atoms with E-state index in [1.54, 1.807) is 6.21 Å². The van der Waals surface area contributed by atoms with Gasteiger partial charge < -0.3 is 4.98 Å². The number of H-pyrrole nitrogens is 1. The molecular formula is C6H4N2S2. The largest absolute Gasteiger partial charge is 0.355 e. The Morgan fingerprint density at radius 2 is 2.40 bits per heavy atom. The highest BCUT2D eigenvalue weighted by atomic mass is 32.1. The van der Waals surface area contributed by atoms with Crippen LogP contribution in [0.3, 0.4) is 0 Å². The summed E-state index contributed by atoms with van der Waals surface area (Å²) in [6, 6.07) is 0. The fourth-order valence-corrected chi connectivity index (χ4v) is 1.39. The SMILES string of the molecule is S=C1N=Cc2c1c[nH]c2S. The van der Waals surface area contributed by atoms with Crippen molar-refractivity contribution in [3.05, 3.63) is 17.3 Å². The van der Waals surface area contributed by atoms with Crippen molar-refractivity contribution < 1.29 is 0 Å². The molecule has 0 saturated carbocycles. The number of fused-ring (bicyclic) bond motifs is 1. The number of nitrogens with zero attached hydrogens (tertiary/aromatic N) is 1. The number of rotatable bonds is 0. The van der Waals surface area contributed by atoms with Crippen molar-refractivity contribution in [3.63, 3.8) is 0 Å². The Morgan fingerprint density at radius 1 is 1.60 bits per heavy atom. The minimum atomic E-state index is 0.645. The quantitative estimate of drug-likeness (QED) is 0.445. The molecule has 1 aliphatic rings. The Hall–Kier alpha value is -0.610. The third-order valence-electron chi connectivity index (χ3n) is 1.44. The lowest BCUT2D eigenvalue weighted by Crippen LogP contribution is -1.83. The smallest absolute Gasteiger partial charge is 0.135 e. The Labute approximate surface area is 68.8 Å². The highest BCUT2D eigenvalue weighted by Gasteiger charge is 2.15. The summed E-state index contributed by atoms with van der Waals surface area (Å²) in [6.07, 6.45) is 3.56. The first-order valence-electron chi connectivity index (χ1n) is 2.78. The van der Waals surface area contributed by atoms with Gasteiger partial charge in [0.25, 0.3) is 0 Å². The van der Waals surface area contributed by atoms with Crippen LogP contribution in [0.2, 0.25) is 0 Å². The molecule has 1 aromatic rings. The summed E-state index contributed by atoms with van der Waals surface area (Å²) in [4.78, 5) is 7.56. The van der Waals surface area contributed by atoms with Gasteiger partial charge in [0.1, 0.15) is 4.99 Å². The van der Waals surface area contributed by atoms with Crippen LogP contribution in [0.1, 0.15) is 11.1 Å². The molecule has 0 atom stereocenters. The summed E-state index contributed by atoms with van der Waals surface area (Å²) < 4.78 is 0. The van der Waals surface area contributed by atoms with Crippen molar-refractivity contribution in [2.24, 2.45) is 4.99 Å². The first-order chi connectivity index (χ1) is 4.79. The predicted octanol–water partition coefficient (Wildman–Crippen LogP) is 1.41. The van der Waals surface area contributed by atoms with Gasteiger partial charge in [-0.05, 0) is 0 Å². The Kier molecular flexibility index (Phi) is 1.18. The average molecular weight is 168 g/mol. The van der Waals surface area contributed by atoms with Gasteiger partial charge in [0.15, 0.2) is 0 Å². The van der Waals surface area contributed by atoms with Crippen LogP contribution in [0.5, 0.6) is 0 Å². The molecule has 1 aromatic heterocycles. The molecule has 0 aromatic carbocycles. The van der Waals surface area contributed by atoms with E-state index >= 15 is 0 Å². The van der Waals surface area contributed by atoms with Gasteiger partial charge in [-0.15, -0.1) is 12.6 Å². The van der Waals surface area contributed by atoms with Crippen molar-refractivity contribution in [2.75, 3.05) is 0 Å². The monoisotopic (exact) mass is 168 g/mol. The fraction of sp³-hybridized carbons (Fsp3) is 0. The van der Waals surface area contributed by atoms with Crippen LogP contribution in [0.15, 0.2) is 16.2 Å². The number of aromatic nitrogens is 1. The second kappa shape index (κ2) is 1.93. The third-order valence-corrected chi connectivity index (χ3v) is 2.14. The van der Waals surface area contributed by atoms with Gasteiger partial charge in [0, 0.05) is 23.5 Å². The molecule has 2 heterocycles. The maximum absolute atomic E-state index is 4.94. The number of thiol groups is 1. The summed E-state index contributed by atoms with van der Waals surface area (Å²) in [5.41, 5.74) is 1.99. The standard InChI is InChI=1S/C6H4N2S2/c9-5-3-1-7-6(10)4(3)2-8-5/h1-2,7,10H. The second-order valence-electron chi connectivity index (χ2n) is 2.03. The molecule has 0 aliphatic carbocycles. The minimum Gasteiger partial charge on any atom is -0.355 e. The number of thiocarbonyl (C=S) groups is 1. The molecule has 0 saturated heterocycles. The first-order valence-corrected chi connectivity index (χ1v) is 3.63. The lowest BCUT2D eigenvalue weighted by molar-refractivity contribution is 1.21. The maximum atomic E-state index is 4.94. The molecule has 0 radical (unpaired) electrons. The highest BCUT2D eigenvalue weighted by Crippen LogP contribution is 2.20. The summed E-state index contributed by atoms with van der Waals surface area (Å²) >= 11 is 9.11. The predicted molar refractivity (Wildman–Crippen MR) is 47.3 cm³/mol. The van der Waals surface area contributed by atoms with Crippen molar-refractivity contribution >= 4 is 36.0 Å². The lowest BCUT2D eigenvalue weighted by Gasteiger charge is -1.83. The summed E-state index contributed by atoms with van der Waals surface area (Å²) in [5, 5.41) is 0.832. The molecule has 0 unspecified atom stereocenters. The van der Waals surface area contributed by atoms with Crippen LogP contribution in [0.4, 0.5) is 0 Å². The van der Waals surface area contributed by atoms with E-state index in [9.17, 15) is 0 Å². The number of hydrogen-bond acceptors (Lipinski definition) is 2. The van der Waals surface area contributed by atoms with E-state index in [1.807, 2.05) is 6.20 Å². The molecule has 4 heteroatoms. The number of hydrogen-bond donors (Lipinski definition) is 2. The van der Waals surface area contributed by atoms with Crippen molar-refractivity contribution in [1.29, 1.82) is 0 Å². The molecule has 50 valence electrons. The molecule has 0 bridgehead atoms. The van der Waals surface area contributed by atoms with E-state index in [0.29, 0.717) is 4.99 Å². The van der Waals surface area contributed by atoms with E-state index in [-0.39, 0.29) is 0 Å². The van der Waals surface area contributed by atoms with E-state index in [1.165, 1.54) is 0 Å². The van der Waals surface area contributed by atoms with Crippen LogP contribution in [-0.2, 0) is 0 Å². The van der Waals surface area contributed by atoms with E-state index in [0.717, 1.165) is 16.2 Å². The molecule has 2 nitrogen and oxygen atoms in total. The van der Waals surface area contributed by atoms with Crippen LogP contribution in [0.25, 0.3) is 0 Å². The molecule has 0 amide bonds. The molecule has 1 N–H and O–H groups in total. The first kappa shape index (κ1) is 6.12. The molecule has 10 heavy (non-hydrogen) atoms. The zero-order valence-corrected chi connectivity index (χ0v) is 6.67. The molecule has 0 spiro atoms. The van der Waals surface area contributed by atoms with E-state index in [4.69, 9.17) is 12.2 Å². The number of aliphatic imine (C=N–C) groups is 1. The van der Waals surface area contributed by atoms with Crippen molar-refractivity contribution in [1.82, 2.24) is 4.98 Å². The van der Waals surface area contributed by atoms with Crippen LogP contribution in [0, 0.1) is 0 Å². The van der Waals surface area contributed by atoms with Crippen LogP contribution in [-0.4, -0.2) is 16.2 Å². The summed E-state index contributed by atoms with van der Waals surface area (Å²) in [6.45, 7) is 0. The lowest BCUT2D eigenvalue weighted by atomic mass is 10.2. The van der Waals surface area contributed by atoms with Gasteiger partial charge in [-0.25, -0.2) is 4.99 Å². The normalized spacial score (nSPS) is 14.3. The summed E-state index contributed by atoms with van der Waals surface area (Å²) in [7, 11) is 0. The van der Waals surface area contributed by atoms with Gasteiger partial charge >= 0.3 is 0 Å².